The molecular formula is C24H23Br2N3O2. The Morgan fingerprint density at radius 1 is 1.03 bits per heavy atom. The van der Waals surface area contributed by atoms with Crippen molar-refractivity contribution in [2.75, 3.05) is 5.32 Å². The van der Waals surface area contributed by atoms with Crippen molar-refractivity contribution in [1.82, 2.24) is 5.43 Å². The van der Waals surface area contributed by atoms with Crippen molar-refractivity contribution in [2.45, 2.75) is 26.0 Å². The molecule has 0 saturated heterocycles. The Labute approximate surface area is 199 Å². The molecule has 0 aliphatic heterocycles. The lowest BCUT2D eigenvalue weighted by Crippen LogP contribution is -2.36. The molecule has 7 heteroatoms. The molecule has 3 rings (SSSR count). The molecule has 0 fully saturated rings. The topological polar surface area (TPSA) is 62.7 Å². The number of rotatable bonds is 9. The SMILES string of the molecule is CCC(Nc1cccc(Br)c1)C(=O)N/N=C/c1ccccc1OCc1ccc(Br)cc1. The Hall–Kier alpha value is -2.64. The van der Waals surface area contributed by atoms with Crippen LogP contribution >= 0.6 is 31.9 Å². The number of nitrogens with zero attached hydrogens (tertiary/aromatic N) is 1. The quantitative estimate of drug-likeness (QED) is 0.251. The second kappa shape index (κ2) is 11.7. The molecule has 3 aromatic rings. The van der Waals surface area contributed by atoms with Crippen molar-refractivity contribution in [1.29, 1.82) is 0 Å². The first kappa shape index (κ1) is 23.0. The van der Waals surface area contributed by atoms with Gasteiger partial charge in [0.25, 0.3) is 5.91 Å². The van der Waals surface area contributed by atoms with E-state index in [1.165, 1.54) is 0 Å². The van der Waals surface area contributed by atoms with E-state index in [4.69, 9.17) is 4.74 Å². The molecule has 5 nitrogen and oxygen atoms in total. The average molecular weight is 545 g/mol. The summed E-state index contributed by atoms with van der Waals surface area (Å²) in [5.41, 5.74) is 5.34. The first-order chi connectivity index (χ1) is 15.0. The second-order valence-corrected chi connectivity index (χ2v) is 8.63. The van der Waals surface area contributed by atoms with E-state index >= 15 is 0 Å². The van der Waals surface area contributed by atoms with E-state index in [1.807, 2.05) is 79.7 Å². The smallest absolute Gasteiger partial charge is 0.262 e. The molecule has 1 unspecified atom stereocenters. The largest absolute Gasteiger partial charge is 0.488 e. The van der Waals surface area contributed by atoms with Crippen LogP contribution in [0.15, 0.2) is 86.8 Å². The predicted molar refractivity (Wildman–Crippen MR) is 132 cm³/mol. The number of hydrogen-bond donors (Lipinski definition) is 2. The Bertz CT molecular complexity index is 1040. The Balaban J connectivity index is 1.59. The van der Waals surface area contributed by atoms with E-state index in [0.29, 0.717) is 18.8 Å². The highest BCUT2D eigenvalue weighted by molar-refractivity contribution is 9.10. The van der Waals surface area contributed by atoms with Gasteiger partial charge in [-0.15, -0.1) is 0 Å². The molecule has 1 amide bonds. The first-order valence-corrected chi connectivity index (χ1v) is 11.4. The van der Waals surface area contributed by atoms with Gasteiger partial charge in [0.1, 0.15) is 18.4 Å². The fraction of sp³-hybridized carbons (Fsp3) is 0.167. The van der Waals surface area contributed by atoms with Gasteiger partial charge in [0.2, 0.25) is 0 Å². The van der Waals surface area contributed by atoms with Crippen LogP contribution in [0.25, 0.3) is 0 Å². The lowest BCUT2D eigenvalue weighted by atomic mass is 10.2. The molecule has 0 aromatic heterocycles. The number of anilines is 1. The molecule has 0 aliphatic rings. The van der Waals surface area contributed by atoms with Crippen molar-refractivity contribution < 1.29 is 9.53 Å². The van der Waals surface area contributed by atoms with Gasteiger partial charge in [-0.25, -0.2) is 5.43 Å². The summed E-state index contributed by atoms with van der Waals surface area (Å²) in [7, 11) is 0. The lowest BCUT2D eigenvalue weighted by molar-refractivity contribution is -0.121. The zero-order chi connectivity index (χ0) is 22.1. The highest BCUT2D eigenvalue weighted by atomic mass is 79.9. The van der Waals surface area contributed by atoms with Crippen LogP contribution in [0, 0.1) is 0 Å². The van der Waals surface area contributed by atoms with Gasteiger partial charge in [-0.1, -0.05) is 69.1 Å². The second-order valence-electron chi connectivity index (χ2n) is 6.80. The van der Waals surface area contributed by atoms with Crippen LogP contribution in [0.5, 0.6) is 5.75 Å². The molecule has 3 aromatic carbocycles. The fourth-order valence-corrected chi connectivity index (χ4v) is 3.50. The van der Waals surface area contributed by atoms with Gasteiger partial charge in [0.05, 0.1) is 6.21 Å². The zero-order valence-electron chi connectivity index (χ0n) is 17.0. The Morgan fingerprint density at radius 2 is 1.81 bits per heavy atom. The van der Waals surface area contributed by atoms with E-state index in [2.05, 4.69) is 47.7 Å². The Morgan fingerprint density at radius 3 is 2.55 bits per heavy atom. The number of nitrogens with one attached hydrogen (secondary N) is 2. The summed E-state index contributed by atoms with van der Waals surface area (Å²) >= 11 is 6.87. The van der Waals surface area contributed by atoms with Crippen molar-refractivity contribution in [2.24, 2.45) is 5.10 Å². The number of hydrogen-bond acceptors (Lipinski definition) is 4. The van der Waals surface area contributed by atoms with Crippen molar-refractivity contribution in [3.05, 3.63) is 92.9 Å². The van der Waals surface area contributed by atoms with Crippen molar-refractivity contribution in [3.63, 3.8) is 0 Å². The van der Waals surface area contributed by atoms with Gasteiger partial charge in [-0.2, -0.15) is 5.10 Å². The van der Waals surface area contributed by atoms with Gasteiger partial charge in [-0.05, 0) is 54.4 Å². The van der Waals surface area contributed by atoms with Gasteiger partial charge >= 0.3 is 0 Å². The number of ether oxygens (including phenoxy) is 1. The molecule has 0 saturated carbocycles. The maximum Gasteiger partial charge on any atom is 0.262 e. The molecule has 31 heavy (non-hydrogen) atoms. The summed E-state index contributed by atoms with van der Waals surface area (Å²) in [4.78, 5) is 12.5. The number of hydrazone groups is 1. The van der Waals surface area contributed by atoms with Crippen LogP contribution in [0.2, 0.25) is 0 Å². The molecule has 1 atom stereocenters. The molecule has 0 heterocycles. The summed E-state index contributed by atoms with van der Waals surface area (Å²) in [6, 6.07) is 22.9. The number of para-hydroxylation sites is 1. The molecule has 0 bridgehead atoms. The molecule has 2 N–H and O–H groups in total. The maximum atomic E-state index is 12.5. The highest BCUT2D eigenvalue weighted by Crippen LogP contribution is 2.19. The maximum absolute atomic E-state index is 12.5. The van der Waals surface area contributed by atoms with Gasteiger partial charge in [-0.3, -0.25) is 4.79 Å². The van der Waals surface area contributed by atoms with E-state index in [1.54, 1.807) is 6.21 Å². The van der Waals surface area contributed by atoms with E-state index < -0.39 is 6.04 Å². The zero-order valence-corrected chi connectivity index (χ0v) is 20.2. The summed E-state index contributed by atoms with van der Waals surface area (Å²) in [5, 5.41) is 7.36. The number of carbonyl (C=O) groups is 1. The predicted octanol–water partition coefficient (Wildman–Crippen LogP) is 6.13. The van der Waals surface area contributed by atoms with E-state index in [-0.39, 0.29) is 5.91 Å². The third-order valence-electron chi connectivity index (χ3n) is 4.50. The number of carbonyl (C=O) groups excluding carboxylic acids is 1. The van der Waals surface area contributed by atoms with Crippen LogP contribution in [-0.4, -0.2) is 18.2 Å². The number of amides is 1. The number of benzene rings is 3. The van der Waals surface area contributed by atoms with E-state index in [9.17, 15) is 4.79 Å². The molecule has 0 spiro atoms. The summed E-state index contributed by atoms with van der Waals surface area (Å²) in [5.74, 6) is 0.495. The molecule has 0 radical (unpaired) electrons. The van der Waals surface area contributed by atoms with Crippen LogP contribution in [-0.2, 0) is 11.4 Å². The summed E-state index contributed by atoms with van der Waals surface area (Å²) in [6.07, 6.45) is 2.22. The minimum atomic E-state index is -0.393. The lowest BCUT2D eigenvalue weighted by Gasteiger charge is -2.16. The van der Waals surface area contributed by atoms with E-state index in [0.717, 1.165) is 25.8 Å². The van der Waals surface area contributed by atoms with Crippen LogP contribution in [0.4, 0.5) is 5.69 Å². The molecular weight excluding hydrogens is 522 g/mol. The van der Waals surface area contributed by atoms with Gasteiger partial charge in [0.15, 0.2) is 0 Å². The summed E-state index contributed by atoms with van der Waals surface area (Å²) in [6.45, 7) is 2.39. The monoisotopic (exact) mass is 543 g/mol. The summed E-state index contributed by atoms with van der Waals surface area (Å²) < 4.78 is 7.92. The van der Waals surface area contributed by atoms with Crippen LogP contribution in [0.3, 0.4) is 0 Å². The van der Waals surface area contributed by atoms with Gasteiger partial charge in [0, 0.05) is 20.2 Å². The van der Waals surface area contributed by atoms with Gasteiger partial charge < -0.3 is 10.1 Å². The fourth-order valence-electron chi connectivity index (χ4n) is 2.84. The average Bonchev–Trinajstić information content (AvgIpc) is 2.78. The minimum Gasteiger partial charge on any atom is -0.488 e. The highest BCUT2D eigenvalue weighted by Gasteiger charge is 2.15. The van der Waals surface area contributed by atoms with Crippen LogP contribution < -0.4 is 15.5 Å². The minimum absolute atomic E-state index is 0.202. The normalized spacial score (nSPS) is 11.8. The third kappa shape index (κ3) is 7.22. The third-order valence-corrected chi connectivity index (χ3v) is 5.52. The molecule has 160 valence electrons. The van der Waals surface area contributed by atoms with Crippen molar-refractivity contribution in [3.8, 4) is 5.75 Å². The standard InChI is InChI=1S/C24H23Br2N3O2/c1-2-22(28-21-8-5-7-20(26)14-21)24(30)29-27-15-18-6-3-4-9-23(18)31-16-17-10-12-19(25)13-11-17/h3-15,22,28H,2,16H2,1H3,(H,29,30)/b27-15+. The Kier molecular flexibility index (Phi) is 8.67. The first-order valence-electron chi connectivity index (χ1n) is 9.86. The number of halogens is 2. The van der Waals surface area contributed by atoms with Crippen LogP contribution in [0.1, 0.15) is 24.5 Å². The van der Waals surface area contributed by atoms with Crippen molar-refractivity contribution >= 4 is 49.7 Å². The molecule has 0 aliphatic carbocycles.